The Morgan fingerprint density at radius 3 is 2.82 bits per heavy atom. The first-order valence-electron chi connectivity index (χ1n) is 4.37. The minimum atomic E-state index is -0.518. The summed E-state index contributed by atoms with van der Waals surface area (Å²) in [6.07, 6.45) is 4.10. The third-order valence-electron chi connectivity index (χ3n) is 2.62. The Bertz CT molecular complexity index is 110. The van der Waals surface area contributed by atoms with Crippen molar-refractivity contribution in [1.82, 2.24) is 0 Å². The van der Waals surface area contributed by atoms with Crippen molar-refractivity contribution in [3.8, 4) is 0 Å². The molecule has 0 bridgehead atoms. The van der Waals surface area contributed by atoms with E-state index < -0.39 is 6.10 Å². The zero-order valence-electron chi connectivity index (χ0n) is 7.08. The predicted octanol–water partition coefficient (Wildman–Crippen LogP) is 1.12. The van der Waals surface area contributed by atoms with Gasteiger partial charge in [-0.25, -0.2) is 0 Å². The van der Waals surface area contributed by atoms with E-state index in [1.54, 1.807) is 0 Å². The fourth-order valence-electron chi connectivity index (χ4n) is 1.85. The molecule has 2 nitrogen and oxygen atoms in total. The van der Waals surface area contributed by atoms with E-state index in [9.17, 15) is 5.11 Å². The number of hydrogen-bond donors (Lipinski definition) is 2. The first-order valence-corrected chi connectivity index (χ1v) is 4.37. The molecule has 0 saturated heterocycles. The maximum absolute atomic E-state index is 9.38. The maximum Gasteiger partial charge on any atom is 0.0804 e. The van der Waals surface area contributed by atoms with Gasteiger partial charge in [-0.3, -0.25) is 0 Å². The molecule has 0 aromatic carbocycles. The van der Waals surface area contributed by atoms with E-state index in [4.69, 9.17) is 5.11 Å². The Labute approximate surface area is 68.2 Å². The minimum Gasteiger partial charge on any atom is -0.394 e. The van der Waals surface area contributed by atoms with Crippen LogP contribution in [-0.2, 0) is 0 Å². The molecule has 0 amide bonds. The SMILES string of the molecule is C[C]1CCCCC1C(O)CO. The van der Waals surface area contributed by atoms with Gasteiger partial charge in [0.2, 0.25) is 0 Å². The zero-order chi connectivity index (χ0) is 8.27. The zero-order valence-corrected chi connectivity index (χ0v) is 7.08. The number of rotatable bonds is 2. The van der Waals surface area contributed by atoms with Crippen molar-refractivity contribution in [3.63, 3.8) is 0 Å². The van der Waals surface area contributed by atoms with Gasteiger partial charge >= 0.3 is 0 Å². The Kier molecular flexibility index (Phi) is 3.34. The van der Waals surface area contributed by atoms with Gasteiger partial charge in [0, 0.05) is 0 Å². The molecule has 0 spiro atoms. The molecule has 2 heteroatoms. The lowest BCUT2D eigenvalue weighted by atomic mass is 9.77. The van der Waals surface area contributed by atoms with Gasteiger partial charge in [-0.2, -0.15) is 0 Å². The van der Waals surface area contributed by atoms with Gasteiger partial charge in [-0.15, -0.1) is 0 Å². The summed E-state index contributed by atoms with van der Waals surface area (Å²) in [7, 11) is 0. The lowest BCUT2D eigenvalue weighted by Gasteiger charge is -2.31. The highest BCUT2D eigenvalue weighted by Gasteiger charge is 2.27. The van der Waals surface area contributed by atoms with Crippen LogP contribution in [0.25, 0.3) is 0 Å². The highest BCUT2D eigenvalue weighted by molar-refractivity contribution is 4.98. The van der Waals surface area contributed by atoms with Crippen LogP contribution >= 0.6 is 0 Å². The van der Waals surface area contributed by atoms with Crippen LogP contribution in [-0.4, -0.2) is 22.9 Å². The lowest BCUT2D eigenvalue weighted by molar-refractivity contribution is 0.0417. The van der Waals surface area contributed by atoms with Gasteiger partial charge in [0.25, 0.3) is 0 Å². The van der Waals surface area contributed by atoms with Crippen LogP contribution in [0, 0.1) is 11.8 Å². The van der Waals surface area contributed by atoms with Crippen LogP contribution in [0.15, 0.2) is 0 Å². The Morgan fingerprint density at radius 2 is 2.27 bits per heavy atom. The van der Waals surface area contributed by atoms with Crippen LogP contribution in [0.1, 0.15) is 32.6 Å². The molecule has 65 valence electrons. The second-order valence-corrected chi connectivity index (χ2v) is 3.45. The molecule has 2 atom stereocenters. The lowest BCUT2D eigenvalue weighted by Crippen LogP contribution is -2.30. The van der Waals surface area contributed by atoms with Crippen LogP contribution in [0.4, 0.5) is 0 Å². The molecule has 11 heavy (non-hydrogen) atoms. The molecular formula is C9H17O2. The smallest absolute Gasteiger partial charge is 0.0804 e. The Hall–Kier alpha value is -0.0800. The fraction of sp³-hybridized carbons (Fsp3) is 0.889. The van der Waals surface area contributed by atoms with E-state index in [0.29, 0.717) is 0 Å². The van der Waals surface area contributed by atoms with Crippen molar-refractivity contribution in [2.45, 2.75) is 38.7 Å². The maximum atomic E-state index is 9.38. The van der Waals surface area contributed by atoms with Crippen LogP contribution in [0.3, 0.4) is 0 Å². The first-order chi connectivity index (χ1) is 5.25. The summed E-state index contributed by atoms with van der Waals surface area (Å²) in [5.74, 6) is 1.62. The normalized spacial score (nSPS) is 30.3. The topological polar surface area (TPSA) is 40.5 Å². The highest BCUT2D eigenvalue weighted by Crippen LogP contribution is 2.33. The van der Waals surface area contributed by atoms with E-state index in [2.05, 4.69) is 6.92 Å². The summed E-state index contributed by atoms with van der Waals surface area (Å²) in [6.45, 7) is 1.99. The van der Waals surface area contributed by atoms with Gasteiger partial charge in [0.15, 0.2) is 0 Å². The molecule has 1 aliphatic rings. The molecule has 0 aromatic heterocycles. The molecule has 2 N–H and O–H groups in total. The molecule has 0 heterocycles. The molecule has 1 saturated carbocycles. The first kappa shape index (κ1) is 9.01. The molecule has 0 aliphatic heterocycles. The van der Waals surface area contributed by atoms with Crippen molar-refractivity contribution in [2.75, 3.05) is 6.61 Å². The third-order valence-corrected chi connectivity index (χ3v) is 2.62. The molecule has 1 aliphatic carbocycles. The van der Waals surface area contributed by atoms with Crippen molar-refractivity contribution in [2.24, 2.45) is 5.92 Å². The summed E-state index contributed by atoms with van der Waals surface area (Å²) >= 11 is 0. The van der Waals surface area contributed by atoms with E-state index in [0.717, 1.165) is 12.8 Å². The third kappa shape index (κ3) is 2.17. The summed E-state index contributed by atoms with van der Waals surface area (Å²) in [6, 6.07) is 0. The fourth-order valence-corrected chi connectivity index (χ4v) is 1.85. The molecule has 2 unspecified atom stereocenters. The highest BCUT2D eigenvalue weighted by atomic mass is 16.3. The second kappa shape index (κ2) is 4.07. The second-order valence-electron chi connectivity index (χ2n) is 3.45. The van der Waals surface area contributed by atoms with Crippen molar-refractivity contribution in [3.05, 3.63) is 5.92 Å². The average molecular weight is 157 g/mol. The van der Waals surface area contributed by atoms with E-state index in [1.165, 1.54) is 18.8 Å². The Morgan fingerprint density at radius 1 is 1.55 bits per heavy atom. The summed E-state index contributed by atoms with van der Waals surface area (Å²) < 4.78 is 0. The molecular weight excluding hydrogens is 140 g/mol. The van der Waals surface area contributed by atoms with Crippen LogP contribution < -0.4 is 0 Å². The quantitative estimate of drug-likeness (QED) is 0.630. The van der Waals surface area contributed by atoms with E-state index in [-0.39, 0.29) is 12.5 Å². The van der Waals surface area contributed by atoms with Crippen molar-refractivity contribution < 1.29 is 10.2 Å². The minimum absolute atomic E-state index is 0.0952. The van der Waals surface area contributed by atoms with Gasteiger partial charge in [0.05, 0.1) is 12.7 Å². The monoisotopic (exact) mass is 157 g/mol. The van der Waals surface area contributed by atoms with Crippen LogP contribution in [0.5, 0.6) is 0 Å². The molecule has 1 radical (unpaired) electrons. The summed E-state index contributed by atoms with van der Waals surface area (Å²) in [4.78, 5) is 0. The standard InChI is InChI=1S/C9H17O2/c1-7-4-2-3-5-8(7)9(11)6-10/h8-11H,2-6H2,1H3. The van der Waals surface area contributed by atoms with Crippen molar-refractivity contribution in [1.29, 1.82) is 0 Å². The Balaban J connectivity index is 2.40. The van der Waals surface area contributed by atoms with Gasteiger partial charge in [0.1, 0.15) is 0 Å². The number of hydrogen-bond acceptors (Lipinski definition) is 2. The number of aliphatic hydroxyl groups excluding tert-OH is 2. The number of aliphatic hydroxyl groups is 2. The molecule has 0 aromatic rings. The van der Waals surface area contributed by atoms with Crippen LogP contribution in [0.2, 0.25) is 0 Å². The predicted molar refractivity (Wildman–Crippen MR) is 44.0 cm³/mol. The van der Waals surface area contributed by atoms with Gasteiger partial charge in [-0.05, 0) is 24.7 Å². The molecule has 1 rings (SSSR count). The van der Waals surface area contributed by atoms with Gasteiger partial charge in [-0.1, -0.05) is 19.8 Å². The van der Waals surface area contributed by atoms with Crippen molar-refractivity contribution >= 4 is 0 Å². The largest absolute Gasteiger partial charge is 0.394 e. The summed E-state index contributed by atoms with van der Waals surface area (Å²) in [5, 5.41) is 18.1. The molecule has 1 fully saturated rings. The van der Waals surface area contributed by atoms with E-state index in [1.807, 2.05) is 0 Å². The summed E-state index contributed by atoms with van der Waals surface area (Å²) in [5.41, 5.74) is 0. The van der Waals surface area contributed by atoms with E-state index >= 15 is 0 Å². The van der Waals surface area contributed by atoms with Gasteiger partial charge < -0.3 is 10.2 Å². The average Bonchev–Trinajstić information content (AvgIpc) is 2.04.